The molecule has 0 saturated carbocycles. The molecule has 4 N–H and O–H groups in total. The molecule has 3 amide bonds. The van der Waals surface area contributed by atoms with E-state index in [1.807, 2.05) is 0 Å². The third-order valence-corrected chi connectivity index (χ3v) is 3.98. The van der Waals surface area contributed by atoms with E-state index < -0.39 is 29.9 Å². The Hall–Kier alpha value is -2.12. The van der Waals surface area contributed by atoms with Crippen molar-refractivity contribution < 1.29 is 23.9 Å². The lowest BCUT2D eigenvalue weighted by atomic mass is 10.0. The molecule has 8 heteroatoms. The van der Waals surface area contributed by atoms with Crippen LogP contribution in [-0.2, 0) is 23.9 Å². The summed E-state index contributed by atoms with van der Waals surface area (Å²) < 4.78 is 4.67. The van der Waals surface area contributed by atoms with Crippen molar-refractivity contribution in [3.8, 4) is 0 Å². The van der Waals surface area contributed by atoms with E-state index in [2.05, 4.69) is 22.3 Å². The number of amides is 3. The summed E-state index contributed by atoms with van der Waals surface area (Å²) >= 11 is 0. The molecule has 2 unspecified atom stereocenters. The first-order valence-corrected chi connectivity index (χ1v) is 9.18. The molecule has 26 heavy (non-hydrogen) atoms. The van der Waals surface area contributed by atoms with Gasteiger partial charge in [-0.25, -0.2) is 4.79 Å². The lowest BCUT2D eigenvalue weighted by Crippen LogP contribution is -2.54. The summed E-state index contributed by atoms with van der Waals surface area (Å²) in [6.45, 7) is 5.61. The van der Waals surface area contributed by atoms with E-state index in [-0.39, 0.29) is 24.7 Å². The molecule has 0 aliphatic carbocycles. The van der Waals surface area contributed by atoms with Crippen LogP contribution in [0, 0.1) is 5.92 Å². The molecule has 0 spiro atoms. The van der Waals surface area contributed by atoms with Crippen LogP contribution in [0.1, 0.15) is 65.7 Å². The van der Waals surface area contributed by atoms with Gasteiger partial charge in [-0.05, 0) is 12.3 Å². The van der Waals surface area contributed by atoms with Crippen LogP contribution in [0.15, 0.2) is 0 Å². The number of esters is 1. The van der Waals surface area contributed by atoms with Crippen LogP contribution in [-0.4, -0.2) is 42.9 Å². The van der Waals surface area contributed by atoms with Gasteiger partial charge in [0, 0.05) is 6.42 Å². The van der Waals surface area contributed by atoms with Gasteiger partial charge >= 0.3 is 5.97 Å². The molecule has 0 aliphatic rings. The van der Waals surface area contributed by atoms with Crippen molar-refractivity contribution >= 4 is 23.7 Å². The number of carbonyl (C=O) groups excluding carboxylic acids is 4. The predicted molar refractivity (Wildman–Crippen MR) is 97.9 cm³/mol. The fraction of sp³-hybridized carbons (Fsp3) is 0.778. The minimum absolute atomic E-state index is 0.213. The number of rotatable bonds is 13. The number of carbonyl (C=O) groups is 4. The Bertz CT molecular complexity index is 479. The molecule has 8 nitrogen and oxygen atoms in total. The number of nitrogens with one attached hydrogen (secondary N) is 2. The van der Waals surface area contributed by atoms with E-state index in [4.69, 9.17) is 5.73 Å². The van der Waals surface area contributed by atoms with Crippen molar-refractivity contribution in [1.82, 2.24) is 10.6 Å². The van der Waals surface area contributed by atoms with E-state index in [1.165, 1.54) is 7.11 Å². The lowest BCUT2D eigenvalue weighted by molar-refractivity contribution is -0.146. The molecule has 2 atom stereocenters. The van der Waals surface area contributed by atoms with Crippen molar-refractivity contribution in [3.63, 3.8) is 0 Å². The molecule has 0 aromatic heterocycles. The maximum Gasteiger partial charge on any atom is 0.328 e. The van der Waals surface area contributed by atoms with Gasteiger partial charge in [0.1, 0.15) is 12.1 Å². The van der Waals surface area contributed by atoms with E-state index in [1.54, 1.807) is 13.8 Å². The van der Waals surface area contributed by atoms with Crippen LogP contribution in [0.25, 0.3) is 0 Å². The molecule has 0 aliphatic heterocycles. The Morgan fingerprint density at radius 2 is 1.62 bits per heavy atom. The molecular formula is C18H33N3O5. The normalized spacial score (nSPS) is 13.0. The Morgan fingerprint density at radius 1 is 1.00 bits per heavy atom. The first-order valence-electron chi connectivity index (χ1n) is 9.18. The average molecular weight is 371 g/mol. The molecular weight excluding hydrogens is 338 g/mol. The summed E-state index contributed by atoms with van der Waals surface area (Å²) in [5.41, 5.74) is 5.18. The second kappa shape index (κ2) is 13.1. The number of hydrogen-bond acceptors (Lipinski definition) is 5. The van der Waals surface area contributed by atoms with Crippen molar-refractivity contribution in [1.29, 1.82) is 0 Å². The first-order chi connectivity index (χ1) is 12.2. The van der Waals surface area contributed by atoms with Gasteiger partial charge in [-0.3, -0.25) is 14.4 Å². The van der Waals surface area contributed by atoms with Gasteiger partial charge in [-0.15, -0.1) is 0 Å². The average Bonchev–Trinajstić information content (AvgIpc) is 2.57. The maximum absolute atomic E-state index is 12.4. The summed E-state index contributed by atoms with van der Waals surface area (Å²) in [6.07, 6.45) is 4.89. The van der Waals surface area contributed by atoms with Gasteiger partial charge in [-0.2, -0.15) is 0 Å². The molecule has 0 radical (unpaired) electrons. The van der Waals surface area contributed by atoms with Crippen LogP contribution in [0.2, 0.25) is 0 Å². The summed E-state index contributed by atoms with van der Waals surface area (Å²) in [5, 5.41) is 5.06. The Labute approximate surface area is 155 Å². The Balaban J connectivity index is 4.75. The highest BCUT2D eigenvalue weighted by Gasteiger charge is 2.30. The number of ether oxygens (including phenoxy) is 1. The number of methoxy groups -OCH3 is 1. The Morgan fingerprint density at radius 3 is 2.12 bits per heavy atom. The van der Waals surface area contributed by atoms with E-state index in [0.717, 1.165) is 25.7 Å². The third-order valence-electron chi connectivity index (χ3n) is 3.98. The topological polar surface area (TPSA) is 128 Å². The SMILES string of the molecule is CCCCCCCC(=O)NC(CC(N)=O)C(=O)NC(C(=O)OC)C(C)C. The Kier molecular flexibility index (Phi) is 12.1. The van der Waals surface area contributed by atoms with Crippen LogP contribution in [0.3, 0.4) is 0 Å². The van der Waals surface area contributed by atoms with Crippen LogP contribution >= 0.6 is 0 Å². The number of primary amides is 1. The molecule has 0 saturated heterocycles. The summed E-state index contributed by atoms with van der Waals surface area (Å²) in [6, 6.07) is -1.98. The molecule has 150 valence electrons. The largest absolute Gasteiger partial charge is 0.467 e. The number of unbranched alkanes of at least 4 members (excludes halogenated alkanes) is 4. The standard InChI is InChI=1S/C18H33N3O5/c1-5-6-7-8-9-10-15(23)20-13(11-14(19)22)17(24)21-16(12(2)3)18(25)26-4/h12-13,16H,5-11H2,1-4H3,(H2,19,22)(H,20,23)(H,21,24). The fourth-order valence-electron chi connectivity index (χ4n) is 2.44. The van der Waals surface area contributed by atoms with E-state index in [0.29, 0.717) is 6.42 Å². The zero-order valence-corrected chi connectivity index (χ0v) is 16.3. The first kappa shape index (κ1) is 23.9. The van der Waals surface area contributed by atoms with Gasteiger partial charge < -0.3 is 21.1 Å². The molecule has 0 rings (SSSR count). The van der Waals surface area contributed by atoms with Crippen molar-refractivity contribution in [2.75, 3.05) is 7.11 Å². The minimum Gasteiger partial charge on any atom is -0.467 e. The van der Waals surface area contributed by atoms with Gasteiger partial charge in [0.25, 0.3) is 0 Å². The lowest BCUT2D eigenvalue weighted by Gasteiger charge is -2.23. The smallest absolute Gasteiger partial charge is 0.328 e. The minimum atomic E-state index is -1.11. The van der Waals surface area contributed by atoms with E-state index >= 15 is 0 Å². The zero-order valence-electron chi connectivity index (χ0n) is 16.3. The van der Waals surface area contributed by atoms with Crippen LogP contribution < -0.4 is 16.4 Å². The van der Waals surface area contributed by atoms with Crippen molar-refractivity contribution in [2.24, 2.45) is 11.7 Å². The van der Waals surface area contributed by atoms with Crippen molar-refractivity contribution in [3.05, 3.63) is 0 Å². The highest BCUT2D eigenvalue weighted by molar-refractivity contribution is 5.93. The fourth-order valence-corrected chi connectivity index (χ4v) is 2.44. The number of hydrogen-bond donors (Lipinski definition) is 3. The van der Waals surface area contributed by atoms with Crippen LogP contribution in [0.5, 0.6) is 0 Å². The van der Waals surface area contributed by atoms with Gasteiger partial charge in [0.05, 0.1) is 13.5 Å². The van der Waals surface area contributed by atoms with Gasteiger partial charge in [0.2, 0.25) is 17.7 Å². The van der Waals surface area contributed by atoms with Crippen LogP contribution in [0.4, 0.5) is 0 Å². The summed E-state index contributed by atoms with van der Waals surface area (Å²) in [5.74, 6) is -2.47. The quantitative estimate of drug-likeness (QED) is 0.329. The third kappa shape index (κ3) is 10.0. The molecule has 0 heterocycles. The van der Waals surface area contributed by atoms with Gasteiger partial charge in [-0.1, -0.05) is 46.5 Å². The monoisotopic (exact) mass is 371 g/mol. The maximum atomic E-state index is 12.4. The molecule has 0 fully saturated rings. The second-order valence-corrected chi connectivity index (χ2v) is 6.71. The summed E-state index contributed by atoms with van der Waals surface area (Å²) in [4.78, 5) is 47.5. The molecule has 0 aromatic carbocycles. The van der Waals surface area contributed by atoms with E-state index in [9.17, 15) is 19.2 Å². The molecule has 0 bridgehead atoms. The number of nitrogens with two attached hydrogens (primary N) is 1. The highest BCUT2D eigenvalue weighted by Crippen LogP contribution is 2.07. The zero-order chi connectivity index (χ0) is 20.1. The summed E-state index contributed by atoms with van der Waals surface area (Å²) in [7, 11) is 1.23. The second-order valence-electron chi connectivity index (χ2n) is 6.71. The van der Waals surface area contributed by atoms with Crippen molar-refractivity contribution in [2.45, 2.75) is 77.8 Å². The highest BCUT2D eigenvalue weighted by atomic mass is 16.5. The molecule has 0 aromatic rings. The predicted octanol–water partition coefficient (Wildman–Crippen LogP) is 1.02. The van der Waals surface area contributed by atoms with Gasteiger partial charge in [0.15, 0.2) is 0 Å².